The van der Waals surface area contributed by atoms with Crippen molar-refractivity contribution in [2.45, 2.75) is 44.1 Å². The van der Waals surface area contributed by atoms with Gasteiger partial charge in [-0.25, -0.2) is 4.98 Å². The molecule has 4 rings (SSSR count). The smallest absolute Gasteiger partial charge is 0.255 e. The van der Waals surface area contributed by atoms with Crippen molar-refractivity contribution in [3.05, 3.63) is 84.4 Å². The molecule has 8 heteroatoms. The van der Waals surface area contributed by atoms with Gasteiger partial charge in [-0.15, -0.1) is 0 Å². The van der Waals surface area contributed by atoms with Gasteiger partial charge >= 0.3 is 0 Å². The molecular weight excluding hydrogens is 420 g/mol. The third-order valence-corrected chi connectivity index (χ3v) is 6.10. The van der Waals surface area contributed by atoms with Gasteiger partial charge in [0.05, 0.1) is 18.4 Å². The van der Waals surface area contributed by atoms with Crippen LogP contribution in [0.1, 0.15) is 43.0 Å². The lowest BCUT2D eigenvalue weighted by Crippen LogP contribution is -2.50. The molecule has 8 nitrogen and oxygen atoms in total. The number of likely N-dealkylation sites (tertiary alicyclic amines) is 1. The maximum Gasteiger partial charge on any atom is 0.255 e. The summed E-state index contributed by atoms with van der Waals surface area (Å²) in [6.45, 7) is 2.25. The number of nitrogens with zero attached hydrogens (tertiary/aromatic N) is 3. The predicted molar refractivity (Wildman–Crippen MR) is 122 cm³/mol. The van der Waals surface area contributed by atoms with Gasteiger partial charge < -0.3 is 25.0 Å². The average Bonchev–Trinajstić information content (AvgIpc) is 3.56. The molecule has 2 amide bonds. The molecule has 2 heterocycles. The van der Waals surface area contributed by atoms with Gasteiger partial charge in [-0.1, -0.05) is 42.5 Å². The van der Waals surface area contributed by atoms with E-state index < -0.39 is 30.1 Å². The number of imidazole rings is 1. The first kappa shape index (κ1) is 22.7. The van der Waals surface area contributed by atoms with Crippen molar-refractivity contribution in [3.63, 3.8) is 0 Å². The molecule has 1 aliphatic rings. The molecule has 0 unspecified atom stereocenters. The van der Waals surface area contributed by atoms with Crippen LogP contribution >= 0.6 is 0 Å². The SMILES string of the molecule is C[C@@H](NC(=O)[C@H](O)[C@@H](O)C(=O)N1CCC[C@@H]1c1ccccc1)c1ccc(-n2ccnc2)cc1. The molecule has 3 N–H and O–H groups in total. The first-order valence-electron chi connectivity index (χ1n) is 11.1. The van der Waals surface area contributed by atoms with Crippen molar-refractivity contribution in [1.82, 2.24) is 19.8 Å². The maximum atomic E-state index is 12.9. The van der Waals surface area contributed by atoms with Gasteiger partial charge in [-0.05, 0) is 43.0 Å². The van der Waals surface area contributed by atoms with Crippen LogP contribution in [0, 0.1) is 0 Å². The second kappa shape index (κ2) is 9.97. The molecule has 0 aliphatic carbocycles. The van der Waals surface area contributed by atoms with Gasteiger partial charge in [0, 0.05) is 24.6 Å². The van der Waals surface area contributed by atoms with Crippen LogP contribution in [0.25, 0.3) is 5.69 Å². The highest BCUT2D eigenvalue weighted by atomic mass is 16.3. The zero-order valence-electron chi connectivity index (χ0n) is 18.4. The zero-order chi connectivity index (χ0) is 23.4. The molecule has 172 valence electrons. The maximum absolute atomic E-state index is 12.9. The minimum Gasteiger partial charge on any atom is -0.380 e. The number of benzene rings is 2. The van der Waals surface area contributed by atoms with Crippen molar-refractivity contribution >= 4 is 11.8 Å². The van der Waals surface area contributed by atoms with Gasteiger partial charge in [-0.3, -0.25) is 9.59 Å². The summed E-state index contributed by atoms with van der Waals surface area (Å²) in [5, 5.41) is 23.6. The summed E-state index contributed by atoms with van der Waals surface area (Å²) in [5.74, 6) is -1.43. The molecule has 0 bridgehead atoms. The van der Waals surface area contributed by atoms with Crippen molar-refractivity contribution < 1.29 is 19.8 Å². The number of aliphatic hydroxyl groups excluding tert-OH is 2. The fourth-order valence-corrected chi connectivity index (χ4v) is 4.23. The van der Waals surface area contributed by atoms with Crippen LogP contribution in [0.5, 0.6) is 0 Å². The number of amides is 2. The van der Waals surface area contributed by atoms with E-state index in [1.54, 1.807) is 24.3 Å². The molecule has 33 heavy (non-hydrogen) atoms. The highest BCUT2D eigenvalue weighted by molar-refractivity contribution is 5.91. The molecule has 1 aromatic heterocycles. The van der Waals surface area contributed by atoms with Crippen LogP contribution < -0.4 is 5.32 Å². The zero-order valence-corrected chi connectivity index (χ0v) is 18.4. The summed E-state index contributed by atoms with van der Waals surface area (Å²) in [7, 11) is 0. The summed E-state index contributed by atoms with van der Waals surface area (Å²) in [6.07, 6.45) is 3.10. The number of hydrogen-bond acceptors (Lipinski definition) is 5. The molecule has 1 saturated heterocycles. The van der Waals surface area contributed by atoms with E-state index in [2.05, 4.69) is 10.3 Å². The van der Waals surface area contributed by atoms with Gasteiger partial charge in [0.2, 0.25) is 0 Å². The van der Waals surface area contributed by atoms with E-state index in [-0.39, 0.29) is 6.04 Å². The Morgan fingerprint density at radius 1 is 1.06 bits per heavy atom. The molecule has 4 atom stereocenters. The van der Waals surface area contributed by atoms with E-state index >= 15 is 0 Å². The van der Waals surface area contributed by atoms with E-state index in [0.29, 0.717) is 6.54 Å². The minimum absolute atomic E-state index is 0.170. The Morgan fingerprint density at radius 2 is 1.79 bits per heavy atom. The van der Waals surface area contributed by atoms with Crippen LogP contribution in [0.3, 0.4) is 0 Å². The molecule has 0 radical (unpaired) electrons. The molecule has 1 fully saturated rings. The number of aliphatic hydroxyl groups is 2. The lowest BCUT2D eigenvalue weighted by atomic mass is 10.0. The summed E-state index contributed by atoms with van der Waals surface area (Å²) >= 11 is 0. The Morgan fingerprint density at radius 3 is 2.45 bits per heavy atom. The highest BCUT2D eigenvalue weighted by Crippen LogP contribution is 2.32. The molecule has 0 saturated carbocycles. The minimum atomic E-state index is -1.86. The second-order valence-corrected chi connectivity index (χ2v) is 8.28. The van der Waals surface area contributed by atoms with Crippen LogP contribution in [0.15, 0.2) is 73.3 Å². The van der Waals surface area contributed by atoms with Gasteiger partial charge in [-0.2, -0.15) is 0 Å². The van der Waals surface area contributed by atoms with Gasteiger partial charge in [0.15, 0.2) is 12.2 Å². The Balaban J connectivity index is 1.37. The first-order valence-corrected chi connectivity index (χ1v) is 11.1. The Labute approximate surface area is 192 Å². The van der Waals surface area contributed by atoms with Crippen molar-refractivity contribution in [2.75, 3.05) is 6.54 Å². The fraction of sp³-hybridized carbons (Fsp3) is 0.320. The van der Waals surface area contributed by atoms with Gasteiger partial charge in [0.1, 0.15) is 0 Å². The molecule has 1 aliphatic heterocycles. The molecule has 0 spiro atoms. The van der Waals surface area contributed by atoms with Crippen LogP contribution in [0.2, 0.25) is 0 Å². The van der Waals surface area contributed by atoms with E-state index in [9.17, 15) is 19.8 Å². The number of carbonyl (C=O) groups excluding carboxylic acids is 2. The third kappa shape index (κ3) is 4.97. The van der Waals surface area contributed by atoms with Crippen molar-refractivity contribution in [3.8, 4) is 5.69 Å². The average molecular weight is 449 g/mol. The van der Waals surface area contributed by atoms with E-state index in [1.807, 2.05) is 65.4 Å². The molecule has 2 aromatic carbocycles. The van der Waals surface area contributed by atoms with Crippen LogP contribution in [-0.4, -0.2) is 55.2 Å². The third-order valence-electron chi connectivity index (χ3n) is 6.10. The van der Waals surface area contributed by atoms with E-state index in [1.165, 1.54) is 0 Å². The first-order chi connectivity index (χ1) is 16.0. The number of rotatable bonds is 7. The van der Waals surface area contributed by atoms with Crippen LogP contribution in [0.4, 0.5) is 0 Å². The molecule has 3 aromatic rings. The summed E-state index contributed by atoms with van der Waals surface area (Å²) < 4.78 is 1.86. The number of hydrogen-bond donors (Lipinski definition) is 3. The fourth-order valence-electron chi connectivity index (χ4n) is 4.23. The van der Waals surface area contributed by atoms with Crippen LogP contribution in [-0.2, 0) is 9.59 Å². The summed E-state index contributed by atoms with van der Waals surface area (Å²) in [5.41, 5.74) is 2.72. The number of carbonyl (C=O) groups is 2. The largest absolute Gasteiger partial charge is 0.380 e. The Kier molecular flexibility index (Phi) is 6.86. The highest BCUT2D eigenvalue weighted by Gasteiger charge is 2.38. The number of nitrogens with one attached hydrogen (secondary N) is 1. The normalized spacial score (nSPS) is 18.5. The lowest BCUT2D eigenvalue weighted by molar-refractivity contribution is -0.154. The van der Waals surface area contributed by atoms with Gasteiger partial charge in [0.25, 0.3) is 11.8 Å². The standard InChI is InChI=1S/C25H28N4O4/c1-17(18-9-11-20(12-10-18)28-15-13-26-16-28)27-24(32)22(30)23(31)25(33)29-14-5-8-21(29)19-6-3-2-4-7-19/h2-4,6-7,9-13,15-17,21-23,30-31H,5,8,14H2,1H3,(H,27,32)/t17-,21-,22-,23-/m1/s1. The summed E-state index contributed by atoms with van der Waals surface area (Å²) in [6, 6.07) is 16.5. The Bertz CT molecular complexity index is 1070. The Hall–Kier alpha value is -3.49. The van der Waals surface area contributed by atoms with Crippen molar-refractivity contribution in [1.29, 1.82) is 0 Å². The predicted octanol–water partition coefficient (Wildman–Crippen LogP) is 2.13. The second-order valence-electron chi connectivity index (χ2n) is 8.28. The van der Waals surface area contributed by atoms with E-state index in [4.69, 9.17) is 0 Å². The topological polar surface area (TPSA) is 108 Å². The van der Waals surface area contributed by atoms with Crippen molar-refractivity contribution in [2.24, 2.45) is 0 Å². The monoisotopic (exact) mass is 448 g/mol. The number of aromatic nitrogens is 2. The lowest BCUT2D eigenvalue weighted by Gasteiger charge is -2.29. The molecular formula is C25H28N4O4. The quantitative estimate of drug-likeness (QED) is 0.513. The summed E-state index contributed by atoms with van der Waals surface area (Å²) in [4.78, 5) is 31.1. The van der Waals surface area contributed by atoms with E-state index in [0.717, 1.165) is 29.7 Å².